The molecule has 0 spiro atoms. The molecule has 0 saturated heterocycles. The maximum Gasteiger partial charge on any atom is 0.0616 e. The lowest BCUT2D eigenvalue weighted by Gasteiger charge is -2.39. The summed E-state index contributed by atoms with van der Waals surface area (Å²) in [6.07, 6.45) is 10.2. The minimum Gasteiger partial charge on any atom is -0.0790 e. The zero-order chi connectivity index (χ0) is 21.3. The van der Waals surface area contributed by atoms with Gasteiger partial charge in [0.2, 0.25) is 0 Å². The van der Waals surface area contributed by atoms with Gasteiger partial charge in [-0.3, -0.25) is 0 Å². The minimum atomic E-state index is -0.00365. The number of rotatable bonds is 2. The third kappa shape index (κ3) is 2.72. The van der Waals surface area contributed by atoms with Crippen LogP contribution in [0.1, 0.15) is 63.5 Å². The van der Waals surface area contributed by atoms with Gasteiger partial charge in [0.05, 0.1) is 4.83 Å². The molecular weight excluding hydrogens is 440 g/mol. The molecule has 0 saturated carbocycles. The van der Waals surface area contributed by atoms with Gasteiger partial charge in [-0.05, 0) is 88.3 Å². The third-order valence-electron chi connectivity index (χ3n) is 8.00. The summed E-state index contributed by atoms with van der Waals surface area (Å²) < 4.78 is 0. The van der Waals surface area contributed by atoms with Gasteiger partial charge in [0, 0.05) is 11.3 Å². The van der Waals surface area contributed by atoms with E-state index in [4.69, 9.17) is 0 Å². The molecule has 0 N–H and O–H groups in total. The number of benzene rings is 2. The normalized spacial score (nSPS) is 22.6. The maximum atomic E-state index is 4.10. The van der Waals surface area contributed by atoms with Crippen molar-refractivity contribution in [3.63, 3.8) is 0 Å². The van der Waals surface area contributed by atoms with Crippen LogP contribution in [-0.2, 0) is 0 Å². The summed E-state index contributed by atoms with van der Waals surface area (Å²) in [4.78, 5) is 0.384. The molecule has 6 rings (SSSR count). The molecule has 156 valence electrons. The van der Waals surface area contributed by atoms with Gasteiger partial charge in [0.1, 0.15) is 0 Å². The molecule has 0 aliphatic heterocycles. The molecule has 4 aliphatic carbocycles. The van der Waals surface area contributed by atoms with E-state index in [1.54, 1.807) is 16.7 Å². The average molecular weight is 469 g/mol. The number of fused-ring (bicyclic) bond motifs is 4. The van der Waals surface area contributed by atoms with E-state index in [0.29, 0.717) is 10.7 Å². The summed E-state index contributed by atoms with van der Waals surface area (Å²) in [6.45, 7) is 7.27. The first-order valence-electron chi connectivity index (χ1n) is 11.7. The molecule has 0 aromatic heterocycles. The summed E-state index contributed by atoms with van der Waals surface area (Å²) in [5.41, 5.74) is 15.0. The molecule has 0 amide bonds. The molecule has 31 heavy (non-hydrogen) atoms. The molecule has 4 aliphatic rings. The highest BCUT2D eigenvalue weighted by Gasteiger charge is 2.45. The smallest absolute Gasteiger partial charge is 0.0616 e. The second-order valence-electron chi connectivity index (χ2n) is 10.2. The van der Waals surface area contributed by atoms with Crippen LogP contribution in [0.3, 0.4) is 0 Å². The molecule has 0 fully saturated rings. The van der Waals surface area contributed by atoms with E-state index in [2.05, 4.69) is 97.4 Å². The van der Waals surface area contributed by atoms with Gasteiger partial charge in [0.15, 0.2) is 0 Å². The fourth-order valence-corrected chi connectivity index (χ4v) is 7.71. The van der Waals surface area contributed by atoms with Crippen molar-refractivity contribution < 1.29 is 0 Å². The van der Waals surface area contributed by atoms with Crippen LogP contribution in [0.4, 0.5) is 0 Å². The van der Waals surface area contributed by atoms with Gasteiger partial charge in [-0.1, -0.05) is 90.5 Å². The summed E-state index contributed by atoms with van der Waals surface area (Å²) in [5, 5.41) is 0. The second kappa shape index (κ2) is 6.94. The first-order chi connectivity index (χ1) is 15.0. The fraction of sp³-hybridized carbons (Fsp3) is 0.333. The lowest BCUT2D eigenvalue weighted by Crippen LogP contribution is -2.27. The van der Waals surface area contributed by atoms with E-state index < -0.39 is 0 Å². The van der Waals surface area contributed by atoms with E-state index in [-0.39, 0.29) is 5.41 Å². The fourth-order valence-electron chi connectivity index (χ4n) is 6.81. The van der Waals surface area contributed by atoms with Crippen molar-refractivity contribution in [3.8, 4) is 11.1 Å². The van der Waals surface area contributed by atoms with Crippen LogP contribution in [-0.4, -0.2) is 4.83 Å². The predicted octanol–water partition coefficient (Wildman–Crippen LogP) is 8.66. The van der Waals surface area contributed by atoms with E-state index in [0.717, 1.165) is 0 Å². The molecule has 0 nitrogen and oxygen atoms in total. The highest BCUT2D eigenvalue weighted by atomic mass is 79.9. The number of hydrogen-bond donors (Lipinski definition) is 0. The molecule has 1 atom stereocenters. The van der Waals surface area contributed by atoms with Crippen molar-refractivity contribution >= 4 is 15.9 Å². The van der Waals surface area contributed by atoms with Crippen LogP contribution in [0, 0.1) is 5.41 Å². The number of allylic oxidation sites excluding steroid dienone is 8. The Balaban J connectivity index is 1.52. The molecule has 0 bridgehead atoms. The van der Waals surface area contributed by atoms with Crippen molar-refractivity contribution in [1.82, 2.24) is 0 Å². The number of alkyl halides is 1. The van der Waals surface area contributed by atoms with Crippen molar-refractivity contribution in [2.45, 2.75) is 57.2 Å². The zero-order valence-electron chi connectivity index (χ0n) is 18.6. The molecule has 1 heteroatoms. The van der Waals surface area contributed by atoms with Gasteiger partial charge >= 0.3 is 0 Å². The highest BCUT2D eigenvalue weighted by Crippen LogP contribution is 2.60. The average Bonchev–Trinajstić information content (AvgIpc) is 3.29. The maximum absolute atomic E-state index is 4.10. The SMILES string of the molecule is CC1=C(C(C)(C)C2c3ccccc3-c3ccccc32)C2=CC3=C(CCCC3)C(Br)C2=C1. The van der Waals surface area contributed by atoms with E-state index in [1.807, 2.05) is 0 Å². The molecular formula is C30H29Br. The van der Waals surface area contributed by atoms with Crippen molar-refractivity contribution in [1.29, 1.82) is 0 Å². The van der Waals surface area contributed by atoms with Gasteiger partial charge < -0.3 is 0 Å². The Morgan fingerprint density at radius 3 is 2.13 bits per heavy atom. The van der Waals surface area contributed by atoms with Crippen molar-refractivity contribution in [3.05, 3.63) is 105 Å². The van der Waals surface area contributed by atoms with Crippen molar-refractivity contribution in [2.75, 3.05) is 0 Å². The quantitative estimate of drug-likeness (QED) is 0.386. The zero-order valence-corrected chi connectivity index (χ0v) is 20.2. The van der Waals surface area contributed by atoms with Gasteiger partial charge in [-0.25, -0.2) is 0 Å². The topological polar surface area (TPSA) is 0 Å². The summed E-state index contributed by atoms with van der Waals surface area (Å²) in [7, 11) is 0. The largest absolute Gasteiger partial charge is 0.0790 e. The lowest BCUT2D eigenvalue weighted by molar-refractivity contribution is 0.397. The molecule has 2 aromatic carbocycles. The van der Waals surface area contributed by atoms with Gasteiger partial charge in [-0.15, -0.1) is 0 Å². The molecule has 0 heterocycles. The van der Waals surface area contributed by atoms with E-state index in [9.17, 15) is 0 Å². The van der Waals surface area contributed by atoms with Crippen LogP contribution >= 0.6 is 15.9 Å². The Labute approximate surface area is 194 Å². The Bertz CT molecular complexity index is 1190. The molecule has 1 unspecified atom stereocenters. The summed E-state index contributed by atoms with van der Waals surface area (Å²) >= 11 is 4.10. The van der Waals surface area contributed by atoms with Crippen LogP contribution in [0.15, 0.2) is 94.1 Å². The van der Waals surface area contributed by atoms with Crippen LogP contribution in [0.5, 0.6) is 0 Å². The molecule has 0 radical (unpaired) electrons. The summed E-state index contributed by atoms with van der Waals surface area (Å²) in [6, 6.07) is 18.1. The molecule has 2 aromatic rings. The first kappa shape index (κ1) is 19.6. The number of halogens is 1. The van der Waals surface area contributed by atoms with Gasteiger partial charge in [0.25, 0.3) is 0 Å². The van der Waals surface area contributed by atoms with Gasteiger partial charge in [-0.2, -0.15) is 0 Å². The minimum absolute atomic E-state index is 0.00365. The van der Waals surface area contributed by atoms with E-state index >= 15 is 0 Å². The van der Waals surface area contributed by atoms with Crippen LogP contribution in [0.25, 0.3) is 11.1 Å². The van der Waals surface area contributed by atoms with Crippen LogP contribution in [0.2, 0.25) is 0 Å². The second-order valence-corrected chi connectivity index (χ2v) is 11.1. The third-order valence-corrected chi connectivity index (χ3v) is 9.04. The monoisotopic (exact) mass is 468 g/mol. The first-order valence-corrected chi connectivity index (χ1v) is 12.6. The Hall–Kier alpha value is -2.12. The number of hydrogen-bond acceptors (Lipinski definition) is 0. The predicted molar refractivity (Wildman–Crippen MR) is 135 cm³/mol. The Kier molecular flexibility index (Phi) is 4.38. The standard InChI is InChI=1S/C30H29Br/c1-18-16-26-25(17-19-10-4-5-11-20(19)29(26)31)27(18)30(2,3)28-23-14-8-6-12-21(23)22-13-7-9-15-24(22)28/h6-9,12-17,28-29H,4-5,10-11H2,1-3H3. The van der Waals surface area contributed by atoms with Crippen molar-refractivity contribution in [2.24, 2.45) is 5.41 Å². The highest BCUT2D eigenvalue weighted by molar-refractivity contribution is 9.09. The van der Waals surface area contributed by atoms with Crippen LogP contribution < -0.4 is 0 Å². The summed E-state index contributed by atoms with van der Waals surface area (Å²) in [5.74, 6) is 0.369. The Morgan fingerprint density at radius 1 is 0.839 bits per heavy atom. The van der Waals surface area contributed by atoms with E-state index in [1.165, 1.54) is 64.7 Å². The Morgan fingerprint density at radius 2 is 1.45 bits per heavy atom. The lowest BCUT2D eigenvalue weighted by atomic mass is 9.65.